The molecule has 17 heavy (non-hydrogen) atoms. The SMILES string of the molecule is CC(C)CCCNC(=O)c1cccc(NN)n1. The van der Waals surface area contributed by atoms with Crippen LogP contribution in [0.2, 0.25) is 0 Å². The molecule has 0 unspecified atom stereocenters. The Morgan fingerprint density at radius 3 is 2.88 bits per heavy atom. The molecule has 1 aromatic heterocycles. The van der Waals surface area contributed by atoms with Crippen LogP contribution in [0, 0.1) is 5.92 Å². The molecule has 1 heterocycles. The maximum absolute atomic E-state index is 11.7. The normalized spacial score (nSPS) is 10.4. The Hall–Kier alpha value is -1.62. The number of nitrogens with one attached hydrogen (secondary N) is 2. The summed E-state index contributed by atoms with van der Waals surface area (Å²) in [5.74, 6) is 6.22. The van der Waals surface area contributed by atoms with Gasteiger partial charge in [-0.3, -0.25) is 4.79 Å². The van der Waals surface area contributed by atoms with Gasteiger partial charge in [-0.05, 0) is 30.9 Å². The van der Waals surface area contributed by atoms with Crippen LogP contribution in [0.5, 0.6) is 0 Å². The number of pyridine rings is 1. The molecule has 0 radical (unpaired) electrons. The number of rotatable bonds is 6. The summed E-state index contributed by atoms with van der Waals surface area (Å²) in [5.41, 5.74) is 2.79. The van der Waals surface area contributed by atoms with Crippen LogP contribution < -0.4 is 16.6 Å². The molecule has 0 atom stereocenters. The Morgan fingerprint density at radius 1 is 1.47 bits per heavy atom. The van der Waals surface area contributed by atoms with Crippen LogP contribution in [-0.2, 0) is 0 Å². The van der Waals surface area contributed by atoms with Gasteiger partial charge in [0.05, 0.1) is 0 Å². The van der Waals surface area contributed by atoms with Gasteiger partial charge in [0.1, 0.15) is 11.5 Å². The highest BCUT2D eigenvalue weighted by molar-refractivity contribution is 5.92. The van der Waals surface area contributed by atoms with Gasteiger partial charge in [0.25, 0.3) is 5.91 Å². The number of anilines is 1. The molecule has 0 bridgehead atoms. The Labute approximate surface area is 102 Å². The van der Waals surface area contributed by atoms with Crippen molar-refractivity contribution in [3.05, 3.63) is 23.9 Å². The topological polar surface area (TPSA) is 80.0 Å². The summed E-state index contributed by atoms with van der Waals surface area (Å²) in [4.78, 5) is 15.8. The van der Waals surface area contributed by atoms with Gasteiger partial charge in [-0.2, -0.15) is 0 Å². The van der Waals surface area contributed by atoms with Crippen molar-refractivity contribution in [2.45, 2.75) is 26.7 Å². The van der Waals surface area contributed by atoms with Crippen LogP contribution in [0.15, 0.2) is 18.2 Å². The lowest BCUT2D eigenvalue weighted by Gasteiger charge is -2.07. The fraction of sp³-hybridized carbons (Fsp3) is 0.500. The van der Waals surface area contributed by atoms with Crippen molar-refractivity contribution >= 4 is 11.7 Å². The van der Waals surface area contributed by atoms with Crippen LogP contribution in [0.1, 0.15) is 37.2 Å². The first-order chi connectivity index (χ1) is 8.13. The average molecular weight is 236 g/mol. The van der Waals surface area contributed by atoms with Crippen molar-refractivity contribution in [2.24, 2.45) is 11.8 Å². The number of nitrogens with two attached hydrogens (primary N) is 1. The molecule has 0 aromatic carbocycles. The molecule has 4 N–H and O–H groups in total. The van der Waals surface area contributed by atoms with Gasteiger partial charge in [0.15, 0.2) is 0 Å². The Morgan fingerprint density at radius 2 is 2.24 bits per heavy atom. The van der Waals surface area contributed by atoms with Crippen LogP contribution in [-0.4, -0.2) is 17.4 Å². The molecule has 1 amide bonds. The summed E-state index contributed by atoms with van der Waals surface area (Å²) >= 11 is 0. The van der Waals surface area contributed by atoms with Crippen molar-refractivity contribution in [3.63, 3.8) is 0 Å². The second kappa shape index (κ2) is 6.85. The number of aromatic nitrogens is 1. The van der Waals surface area contributed by atoms with Crippen LogP contribution in [0.3, 0.4) is 0 Å². The smallest absolute Gasteiger partial charge is 0.269 e. The van der Waals surface area contributed by atoms with Crippen molar-refractivity contribution in [3.8, 4) is 0 Å². The molecule has 0 fully saturated rings. The Bertz CT molecular complexity index is 365. The van der Waals surface area contributed by atoms with Gasteiger partial charge in [0, 0.05) is 6.54 Å². The summed E-state index contributed by atoms with van der Waals surface area (Å²) in [6.07, 6.45) is 2.09. The largest absolute Gasteiger partial charge is 0.351 e. The molecular weight excluding hydrogens is 216 g/mol. The Balaban J connectivity index is 2.41. The average Bonchev–Trinajstić information content (AvgIpc) is 2.34. The number of nitrogen functional groups attached to an aromatic ring is 1. The Kier molecular flexibility index (Phi) is 5.42. The first-order valence-electron chi connectivity index (χ1n) is 5.85. The minimum Gasteiger partial charge on any atom is -0.351 e. The minimum atomic E-state index is -0.161. The maximum atomic E-state index is 11.7. The van der Waals surface area contributed by atoms with Gasteiger partial charge < -0.3 is 10.7 Å². The molecule has 0 saturated heterocycles. The van der Waals surface area contributed by atoms with Crippen molar-refractivity contribution < 1.29 is 4.79 Å². The van der Waals surface area contributed by atoms with Crippen LogP contribution >= 0.6 is 0 Å². The minimum absolute atomic E-state index is 0.161. The fourth-order valence-electron chi connectivity index (χ4n) is 1.44. The van der Waals surface area contributed by atoms with Crippen molar-refractivity contribution in [1.29, 1.82) is 0 Å². The molecule has 1 aromatic rings. The zero-order chi connectivity index (χ0) is 12.7. The van der Waals surface area contributed by atoms with E-state index in [4.69, 9.17) is 5.84 Å². The molecule has 0 aliphatic carbocycles. The van der Waals surface area contributed by atoms with Gasteiger partial charge in [-0.1, -0.05) is 19.9 Å². The third kappa shape index (κ3) is 4.82. The third-order valence-corrected chi connectivity index (χ3v) is 2.37. The van der Waals surface area contributed by atoms with E-state index in [-0.39, 0.29) is 5.91 Å². The monoisotopic (exact) mass is 236 g/mol. The number of carbonyl (C=O) groups is 1. The van der Waals surface area contributed by atoms with E-state index in [1.54, 1.807) is 18.2 Å². The van der Waals surface area contributed by atoms with Crippen molar-refractivity contribution in [2.75, 3.05) is 12.0 Å². The molecule has 0 spiro atoms. The second-order valence-electron chi connectivity index (χ2n) is 4.34. The van der Waals surface area contributed by atoms with E-state index >= 15 is 0 Å². The van der Waals surface area contributed by atoms with E-state index in [0.717, 1.165) is 12.8 Å². The highest BCUT2D eigenvalue weighted by Crippen LogP contribution is 2.04. The first kappa shape index (κ1) is 13.4. The number of nitrogens with zero attached hydrogens (tertiary/aromatic N) is 1. The number of carbonyl (C=O) groups excluding carboxylic acids is 1. The lowest BCUT2D eigenvalue weighted by atomic mass is 10.1. The van der Waals surface area contributed by atoms with E-state index in [1.165, 1.54) is 0 Å². The molecule has 1 rings (SSSR count). The van der Waals surface area contributed by atoms with E-state index in [0.29, 0.717) is 24.0 Å². The predicted octanol–water partition coefficient (Wildman–Crippen LogP) is 1.53. The summed E-state index contributed by atoms with van der Waals surface area (Å²) in [5, 5.41) is 2.84. The lowest BCUT2D eigenvalue weighted by molar-refractivity contribution is 0.0947. The molecule has 94 valence electrons. The first-order valence-corrected chi connectivity index (χ1v) is 5.85. The standard InChI is InChI=1S/C12H20N4O/c1-9(2)5-4-8-14-12(17)10-6-3-7-11(15-10)16-13/h3,6-7,9H,4-5,8,13H2,1-2H3,(H,14,17)(H,15,16). The predicted molar refractivity (Wildman–Crippen MR) is 68.5 cm³/mol. The van der Waals surface area contributed by atoms with E-state index in [1.807, 2.05) is 0 Å². The summed E-state index contributed by atoms with van der Waals surface area (Å²) < 4.78 is 0. The summed E-state index contributed by atoms with van der Waals surface area (Å²) in [6.45, 7) is 5.01. The van der Waals surface area contributed by atoms with Crippen LogP contribution in [0.4, 0.5) is 5.82 Å². The summed E-state index contributed by atoms with van der Waals surface area (Å²) in [7, 11) is 0. The van der Waals surface area contributed by atoms with Gasteiger partial charge in [0.2, 0.25) is 0 Å². The van der Waals surface area contributed by atoms with Gasteiger partial charge >= 0.3 is 0 Å². The van der Waals surface area contributed by atoms with E-state index < -0.39 is 0 Å². The molecular formula is C12H20N4O. The fourth-order valence-corrected chi connectivity index (χ4v) is 1.44. The van der Waals surface area contributed by atoms with Crippen LogP contribution in [0.25, 0.3) is 0 Å². The third-order valence-electron chi connectivity index (χ3n) is 2.37. The number of hydrogen-bond donors (Lipinski definition) is 3. The maximum Gasteiger partial charge on any atom is 0.269 e. The second-order valence-corrected chi connectivity index (χ2v) is 4.34. The molecule has 0 aliphatic heterocycles. The number of amides is 1. The van der Waals surface area contributed by atoms with Crippen molar-refractivity contribution in [1.82, 2.24) is 10.3 Å². The van der Waals surface area contributed by atoms with Gasteiger partial charge in [-0.15, -0.1) is 0 Å². The molecule has 5 nitrogen and oxygen atoms in total. The number of hydrazine groups is 1. The zero-order valence-corrected chi connectivity index (χ0v) is 10.4. The summed E-state index contributed by atoms with van der Waals surface area (Å²) in [6, 6.07) is 5.11. The number of hydrogen-bond acceptors (Lipinski definition) is 4. The molecule has 5 heteroatoms. The highest BCUT2D eigenvalue weighted by atomic mass is 16.1. The highest BCUT2D eigenvalue weighted by Gasteiger charge is 2.06. The molecule has 0 aliphatic rings. The lowest BCUT2D eigenvalue weighted by Crippen LogP contribution is -2.26. The van der Waals surface area contributed by atoms with E-state index in [2.05, 4.69) is 29.6 Å². The van der Waals surface area contributed by atoms with E-state index in [9.17, 15) is 4.79 Å². The quantitative estimate of drug-likeness (QED) is 0.397. The zero-order valence-electron chi connectivity index (χ0n) is 10.4. The molecule has 0 saturated carbocycles. The van der Waals surface area contributed by atoms with Gasteiger partial charge in [-0.25, -0.2) is 10.8 Å².